The Morgan fingerprint density at radius 2 is 0.783 bits per heavy atom. The molecular formula is C44H32N2. The number of nitrogens with zero attached hydrogens (tertiary/aromatic N) is 1. The van der Waals surface area contributed by atoms with Crippen LogP contribution in [0.3, 0.4) is 0 Å². The maximum Gasteiger partial charge on any atom is 0.0462 e. The Morgan fingerprint density at radius 1 is 0.326 bits per heavy atom. The van der Waals surface area contributed by atoms with Gasteiger partial charge in [0.1, 0.15) is 0 Å². The van der Waals surface area contributed by atoms with Gasteiger partial charge in [-0.3, -0.25) is 0 Å². The third-order valence-corrected chi connectivity index (χ3v) is 8.84. The van der Waals surface area contributed by atoms with Crippen molar-refractivity contribution in [3.8, 4) is 33.4 Å². The average molecular weight is 589 g/mol. The van der Waals surface area contributed by atoms with Gasteiger partial charge in [-0.15, -0.1) is 0 Å². The Kier molecular flexibility index (Phi) is 7.01. The highest BCUT2D eigenvalue weighted by atomic mass is 15.1. The number of anilines is 4. The van der Waals surface area contributed by atoms with Gasteiger partial charge in [0.05, 0.1) is 0 Å². The summed E-state index contributed by atoms with van der Waals surface area (Å²) in [6, 6.07) is 64.6. The molecule has 8 rings (SSSR count). The molecule has 0 fully saturated rings. The van der Waals surface area contributed by atoms with E-state index in [9.17, 15) is 0 Å². The standard InChI is InChI=1S/C44H32N2/c45-43-30-29-40(42-28-21-35-13-7-8-14-41(35)44(42)43)36-19-26-39(27-20-36)46(37-22-15-33(16-23-37)31-9-3-1-4-10-31)38-24-17-34(18-25-38)32-11-5-2-6-12-32/h1-30H,45H2. The largest absolute Gasteiger partial charge is 0.398 e. The quantitative estimate of drug-likeness (QED) is 0.155. The molecule has 0 amide bonds. The summed E-state index contributed by atoms with van der Waals surface area (Å²) in [5.74, 6) is 0. The Labute approximate surface area is 269 Å². The molecule has 0 aliphatic carbocycles. The Hall–Kier alpha value is -6.12. The lowest BCUT2D eigenvalue weighted by atomic mass is 9.93. The second kappa shape index (κ2) is 11.8. The summed E-state index contributed by atoms with van der Waals surface area (Å²) in [5, 5.41) is 4.65. The van der Waals surface area contributed by atoms with E-state index < -0.39 is 0 Å². The SMILES string of the molecule is Nc1ccc(-c2ccc(N(c3ccc(-c4ccccc4)cc3)c3ccc(-c4ccccc4)cc3)cc2)c2ccc3ccccc3c12. The fourth-order valence-corrected chi connectivity index (χ4v) is 6.51. The summed E-state index contributed by atoms with van der Waals surface area (Å²) in [4.78, 5) is 2.32. The zero-order valence-electron chi connectivity index (χ0n) is 25.3. The fourth-order valence-electron chi connectivity index (χ4n) is 6.51. The highest BCUT2D eigenvalue weighted by molar-refractivity contribution is 6.17. The van der Waals surface area contributed by atoms with Crippen LogP contribution in [0.4, 0.5) is 22.7 Å². The summed E-state index contributed by atoms with van der Waals surface area (Å²) in [6.07, 6.45) is 0. The fraction of sp³-hybridized carbons (Fsp3) is 0. The van der Waals surface area contributed by atoms with Crippen molar-refractivity contribution in [1.29, 1.82) is 0 Å². The second-order valence-corrected chi connectivity index (χ2v) is 11.6. The van der Waals surface area contributed by atoms with Crippen LogP contribution in [0.1, 0.15) is 0 Å². The minimum absolute atomic E-state index is 0.802. The molecule has 0 saturated heterocycles. The summed E-state index contributed by atoms with van der Waals surface area (Å²) >= 11 is 0. The maximum atomic E-state index is 6.55. The molecule has 0 aromatic heterocycles. The zero-order valence-corrected chi connectivity index (χ0v) is 25.3. The van der Waals surface area contributed by atoms with Gasteiger partial charge < -0.3 is 10.6 Å². The van der Waals surface area contributed by atoms with Crippen molar-refractivity contribution in [2.75, 3.05) is 10.6 Å². The minimum atomic E-state index is 0.802. The number of fused-ring (bicyclic) bond motifs is 3. The van der Waals surface area contributed by atoms with Crippen molar-refractivity contribution in [3.63, 3.8) is 0 Å². The van der Waals surface area contributed by atoms with Gasteiger partial charge in [-0.25, -0.2) is 0 Å². The van der Waals surface area contributed by atoms with E-state index in [0.717, 1.165) is 39.1 Å². The lowest BCUT2D eigenvalue weighted by molar-refractivity contribution is 1.28. The third kappa shape index (κ3) is 5.06. The van der Waals surface area contributed by atoms with Crippen molar-refractivity contribution in [1.82, 2.24) is 0 Å². The second-order valence-electron chi connectivity index (χ2n) is 11.6. The molecule has 218 valence electrons. The normalized spacial score (nSPS) is 11.1. The number of rotatable bonds is 6. The smallest absolute Gasteiger partial charge is 0.0462 e. The van der Waals surface area contributed by atoms with Crippen LogP contribution < -0.4 is 10.6 Å². The molecule has 2 N–H and O–H groups in total. The van der Waals surface area contributed by atoms with Crippen molar-refractivity contribution >= 4 is 44.3 Å². The number of hydrogen-bond donors (Lipinski definition) is 1. The first kappa shape index (κ1) is 27.4. The number of benzene rings is 8. The molecule has 0 aliphatic heterocycles. The molecule has 0 radical (unpaired) electrons. The maximum absolute atomic E-state index is 6.55. The molecule has 0 atom stereocenters. The van der Waals surface area contributed by atoms with Crippen LogP contribution in [-0.2, 0) is 0 Å². The van der Waals surface area contributed by atoms with Crippen molar-refractivity contribution in [2.45, 2.75) is 0 Å². The molecule has 8 aromatic rings. The number of hydrogen-bond acceptors (Lipinski definition) is 2. The van der Waals surface area contributed by atoms with E-state index in [4.69, 9.17) is 5.73 Å². The molecule has 0 aliphatic rings. The topological polar surface area (TPSA) is 29.3 Å². The van der Waals surface area contributed by atoms with Gasteiger partial charge in [0.2, 0.25) is 0 Å². The van der Waals surface area contributed by atoms with E-state index >= 15 is 0 Å². The van der Waals surface area contributed by atoms with E-state index in [1.807, 2.05) is 6.07 Å². The summed E-state index contributed by atoms with van der Waals surface area (Å²) in [7, 11) is 0. The third-order valence-electron chi connectivity index (χ3n) is 8.84. The van der Waals surface area contributed by atoms with Gasteiger partial charge in [-0.2, -0.15) is 0 Å². The zero-order chi connectivity index (χ0) is 30.9. The molecule has 0 bridgehead atoms. The van der Waals surface area contributed by atoms with Gasteiger partial charge in [0.15, 0.2) is 0 Å². The molecule has 2 nitrogen and oxygen atoms in total. The molecule has 0 saturated carbocycles. The van der Waals surface area contributed by atoms with Gasteiger partial charge in [-0.05, 0) is 92.0 Å². The lowest BCUT2D eigenvalue weighted by Crippen LogP contribution is -2.09. The van der Waals surface area contributed by atoms with Crippen LogP contribution in [0.5, 0.6) is 0 Å². The number of nitrogens with two attached hydrogens (primary N) is 1. The summed E-state index contributed by atoms with van der Waals surface area (Å²) in [5.41, 5.74) is 17.8. The Morgan fingerprint density at radius 3 is 1.33 bits per heavy atom. The van der Waals surface area contributed by atoms with Crippen molar-refractivity contribution in [2.24, 2.45) is 0 Å². The Balaban J connectivity index is 1.20. The van der Waals surface area contributed by atoms with E-state index in [0.29, 0.717) is 0 Å². The van der Waals surface area contributed by atoms with Gasteiger partial charge in [0.25, 0.3) is 0 Å². The van der Waals surface area contributed by atoms with E-state index in [1.54, 1.807) is 0 Å². The van der Waals surface area contributed by atoms with Crippen LogP contribution in [0.15, 0.2) is 182 Å². The molecule has 2 heteroatoms. The van der Waals surface area contributed by atoms with Crippen molar-refractivity contribution < 1.29 is 0 Å². The van der Waals surface area contributed by atoms with E-state index in [2.05, 4.69) is 181 Å². The highest BCUT2D eigenvalue weighted by Crippen LogP contribution is 2.40. The summed E-state index contributed by atoms with van der Waals surface area (Å²) in [6.45, 7) is 0. The van der Waals surface area contributed by atoms with Crippen LogP contribution in [0.25, 0.3) is 54.9 Å². The molecule has 46 heavy (non-hydrogen) atoms. The van der Waals surface area contributed by atoms with Gasteiger partial charge >= 0.3 is 0 Å². The minimum Gasteiger partial charge on any atom is -0.398 e. The van der Waals surface area contributed by atoms with Crippen LogP contribution >= 0.6 is 0 Å². The monoisotopic (exact) mass is 588 g/mol. The molecule has 0 heterocycles. The predicted octanol–water partition coefficient (Wildman–Crippen LogP) is 12.0. The first-order chi connectivity index (χ1) is 22.7. The van der Waals surface area contributed by atoms with Crippen LogP contribution in [0, 0.1) is 0 Å². The van der Waals surface area contributed by atoms with E-state index in [1.165, 1.54) is 38.6 Å². The first-order valence-corrected chi connectivity index (χ1v) is 15.6. The summed E-state index contributed by atoms with van der Waals surface area (Å²) < 4.78 is 0. The molecular weight excluding hydrogens is 556 g/mol. The van der Waals surface area contributed by atoms with Crippen molar-refractivity contribution in [3.05, 3.63) is 182 Å². The first-order valence-electron chi connectivity index (χ1n) is 15.6. The van der Waals surface area contributed by atoms with Crippen LogP contribution in [0.2, 0.25) is 0 Å². The highest BCUT2D eigenvalue weighted by Gasteiger charge is 2.15. The predicted molar refractivity (Wildman–Crippen MR) is 197 cm³/mol. The van der Waals surface area contributed by atoms with Gasteiger partial charge in [0, 0.05) is 28.1 Å². The van der Waals surface area contributed by atoms with Gasteiger partial charge in [-0.1, -0.05) is 140 Å². The van der Waals surface area contributed by atoms with Crippen LogP contribution in [-0.4, -0.2) is 0 Å². The van der Waals surface area contributed by atoms with E-state index in [-0.39, 0.29) is 0 Å². The lowest BCUT2D eigenvalue weighted by Gasteiger charge is -2.26. The molecule has 8 aromatic carbocycles. The Bertz CT molecular complexity index is 2190. The molecule has 0 unspecified atom stereocenters. The molecule has 0 spiro atoms. The average Bonchev–Trinajstić information content (AvgIpc) is 3.13. The number of nitrogen functional groups attached to an aromatic ring is 1.